The van der Waals surface area contributed by atoms with E-state index in [0.717, 1.165) is 11.3 Å². The molecule has 0 saturated carbocycles. The zero-order valence-corrected chi connectivity index (χ0v) is 13.1. The van der Waals surface area contributed by atoms with Gasteiger partial charge in [0.15, 0.2) is 0 Å². The van der Waals surface area contributed by atoms with E-state index in [1.807, 2.05) is 42.7 Å². The molecule has 4 heteroatoms. The van der Waals surface area contributed by atoms with E-state index in [0.29, 0.717) is 13.0 Å². The first kappa shape index (κ1) is 15.2. The number of carbonyl (C=O) groups is 1. The summed E-state index contributed by atoms with van der Waals surface area (Å²) in [6.07, 6.45) is 5.98. The molecule has 4 nitrogen and oxygen atoms in total. The lowest BCUT2D eigenvalue weighted by Gasteiger charge is -2.19. The van der Waals surface area contributed by atoms with Crippen LogP contribution in [0.15, 0.2) is 71.6 Å². The van der Waals surface area contributed by atoms with Crippen LogP contribution in [0.4, 0.5) is 0 Å². The van der Waals surface area contributed by atoms with Crippen LogP contribution < -0.4 is 5.32 Å². The Morgan fingerprint density at radius 1 is 1.17 bits per heavy atom. The van der Waals surface area contributed by atoms with Crippen LogP contribution in [0.1, 0.15) is 29.3 Å². The molecule has 0 fully saturated rings. The lowest BCUT2D eigenvalue weighted by Crippen LogP contribution is -2.26. The third kappa shape index (κ3) is 3.92. The van der Waals surface area contributed by atoms with E-state index in [9.17, 15) is 4.79 Å². The summed E-state index contributed by atoms with van der Waals surface area (Å²) in [5.74, 6) is 0.757. The van der Waals surface area contributed by atoms with E-state index in [-0.39, 0.29) is 11.9 Å². The molecule has 1 amide bonds. The molecule has 0 aliphatic heterocycles. The fourth-order valence-electron chi connectivity index (χ4n) is 2.68. The van der Waals surface area contributed by atoms with Crippen molar-refractivity contribution in [2.24, 2.45) is 0 Å². The summed E-state index contributed by atoms with van der Waals surface area (Å²) >= 11 is 0. The number of hydrogen-bond acceptors (Lipinski definition) is 2. The number of hydrogen-bond donors (Lipinski definition) is 1. The zero-order chi connectivity index (χ0) is 16.1. The molecule has 3 rings (SSSR count). The second-order valence-corrected chi connectivity index (χ2v) is 5.62. The highest BCUT2D eigenvalue weighted by Gasteiger charge is 2.17. The van der Waals surface area contributed by atoms with Crippen LogP contribution in [0.2, 0.25) is 0 Å². The summed E-state index contributed by atoms with van der Waals surface area (Å²) in [6, 6.07) is 15.9. The van der Waals surface area contributed by atoms with Crippen LogP contribution >= 0.6 is 0 Å². The smallest absolute Gasteiger partial charge is 0.222 e. The number of amides is 1. The fraction of sp³-hybridized carbons (Fsp3) is 0.211. The Bertz CT molecular complexity index is 746. The standard InChI is InChI=1S/C19H20N2O2/c1-15-6-4-7-16(12-15)18(21-9-2-3-10-21)13-19(22)20-14-17-8-5-11-23-17/h2-12,18H,13-14H2,1H3,(H,20,22). The Morgan fingerprint density at radius 3 is 2.70 bits per heavy atom. The van der Waals surface area contributed by atoms with Gasteiger partial charge >= 0.3 is 0 Å². The molecule has 0 spiro atoms. The quantitative estimate of drug-likeness (QED) is 0.755. The van der Waals surface area contributed by atoms with Gasteiger partial charge in [-0.1, -0.05) is 29.8 Å². The van der Waals surface area contributed by atoms with E-state index in [1.165, 1.54) is 5.56 Å². The zero-order valence-electron chi connectivity index (χ0n) is 13.1. The normalized spacial score (nSPS) is 12.0. The molecule has 2 heterocycles. The van der Waals surface area contributed by atoms with Gasteiger partial charge < -0.3 is 14.3 Å². The van der Waals surface area contributed by atoms with Gasteiger partial charge in [-0.3, -0.25) is 4.79 Å². The maximum Gasteiger partial charge on any atom is 0.222 e. The Morgan fingerprint density at radius 2 is 2.00 bits per heavy atom. The van der Waals surface area contributed by atoms with E-state index >= 15 is 0 Å². The maximum absolute atomic E-state index is 12.3. The number of benzene rings is 1. The van der Waals surface area contributed by atoms with E-state index in [2.05, 4.69) is 35.0 Å². The molecular weight excluding hydrogens is 288 g/mol. The maximum atomic E-state index is 12.3. The molecule has 0 radical (unpaired) electrons. The van der Waals surface area contributed by atoms with Crippen molar-refractivity contribution in [3.8, 4) is 0 Å². The number of nitrogens with zero attached hydrogens (tertiary/aromatic N) is 1. The van der Waals surface area contributed by atoms with Gasteiger partial charge in [0, 0.05) is 12.4 Å². The molecule has 1 unspecified atom stereocenters. The summed E-state index contributed by atoms with van der Waals surface area (Å²) in [5.41, 5.74) is 2.32. The molecule has 1 atom stereocenters. The molecule has 0 aliphatic rings. The summed E-state index contributed by atoms with van der Waals surface area (Å²) < 4.78 is 7.31. The summed E-state index contributed by atoms with van der Waals surface area (Å²) in [7, 11) is 0. The molecule has 2 aromatic heterocycles. The second kappa shape index (κ2) is 7.01. The van der Waals surface area contributed by atoms with Crippen molar-refractivity contribution < 1.29 is 9.21 Å². The van der Waals surface area contributed by atoms with Gasteiger partial charge in [0.05, 0.1) is 25.3 Å². The summed E-state index contributed by atoms with van der Waals surface area (Å²) in [6.45, 7) is 2.48. The SMILES string of the molecule is Cc1cccc(C(CC(=O)NCc2ccco2)n2cccc2)c1. The first-order valence-electron chi connectivity index (χ1n) is 7.70. The van der Waals surface area contributed by atoms with Gasteiger partial charge in [0.25, 0.3) is 0 Å². The van der Waals surface area contributed by atoms with Crippen LogP contribution in [0, 0.1) is 6.92 Å². The van der Waals surface area contributed by atoms with Gasteiger partial charge in [-0.25, -0.2) is 0 Å². The minimum Gasteiger partial charge on any atom is -0.467 e. The average Bonchev–Trinajstić information content (AvgIpc) is 3.24. The number of carbonyl (C=O) groups excluding carboxylic acids is 1. The van der Waals surface area contributed by atoms with Gasteiger partial charge in [-0.05, 0) is 36.8 Å². The highest BCUT2D eigenvalue weighted by molar-refractivity contribution is 5.76. The highest BCUT2D eigenvalue weighted by Crippen LogP contribution is 2.23. The van der Waals surface area contributed by atoms with Gasteiger partial charge in [-0.2, -0.15) is 0 Å². The van der Waals surface area contributed by atoms with Gasteiger partial charge in [-0.15, -0.1) is 0 Å². The average molecular weight is 308 g/mol. The molecular formula is C19H20N2O2. The summed E-state index contributed by atoms with van der Waals surface area (Å²) in [4.78, 5) is 12.3. The Kier molecular flexibility index (Phi) is 4.62. The fourth-order valence-corrected chi connectivity index (χ4v) is 2.68. The van der Waals surface area contributed by atoms with Crippen LogP contribution in [0.5, 0.6) is 0 Å². The van der Waals surface area contributed by atoms with Crippen molar-refractivity contribution >= 4 is 5.91 Å². The highest BCUT2D eigenvalue weighted by atomic mass is 16.3. The molecule has 0 saturated heterocycles. The van der Waals surface area contributed by atoms with Crippen LogP contribution in [0.25, 0.3) is 0 Å². The van der Waals surface area contributed by atoms with E-state index in [1.54, 1.807) is 6.26 Å². The van der Waals surface area contributed by atoms with Gasteiger partial charge in [0.1, 0.15) is 5.76 Å². The number of aryl methyl sites for hydroxylation is 1. The van der Waals surface area contributed by atoms with Crippen LogP contribution in [-0.2, 0) is 11.3 Å². The van der Waals surface area contributed by atoms with Crippen molar-refractivity contribution in [3.63, 3.8) is 0 Å². The van der Waals surface area contributed by atoms with E-state index < -0.39 is 0 Å². The first-order chi connectivity index (χ1) is 11.2. The van der Waals surface area contributed by atoms with E-state index in [4.69, 9.17) is 4.42 Å². The van der Waals surface area contributed by atoms with Crippen molar-refractivity contribution in [1.82, 2.24) is 9.88 Å². The Balaban J connectivity index is 1.72. The topological polar surface area (TPSA) is 47.2 Å². The monoisotopic (exact) mass is 308 g/mol. The van der Waals surface area contributed by atoms with Crippen molar-refractivity contribution in [1.29, 1.82) is 0 Å². The lowest BCUT2D eigenvalue weighted by molar-refractivity contribution is -0.121. The largest absolute Gasteiger partial charge is 0.467 e. The molecule has 0 bridgehead atoms. The van der Waals surface area contributed by atoms with Crippen LogP contribution in [-0.4, -0.2) is 10.5 Å². The Labute approximate surface area is 135 Å². The number of rotatable bonds is 6. The molecule has 3 aromatic rings. The molecule has 1 aromatic carbocycles. The minimum atomic E-state index is -0.0125. The number of nitrogens with one attached hydrogen (secondary N) is 1. The molecule has 0 aliphatic carbocycles. The number of aromatic nitrogens is 1. The van der Waals surface area contributed by atoms with Crippen molar-refractivity contribution in [3.05, 3.63) is 84.1 Å². The third-order valence-corrected chi connectivity index (χ3v) is 3.83. The molecule has 23 heavy (non-hydrogen) atoms. The van der Waals surface area contributed by atoms with Crippen molar-refractivity contribution in [2.45, 2.75) is 25.9 Å². The number of furan rings is 1. The molecule has 1 N–H and O–H groups in total. The van der Waals surface area contributed by atoms with Gasteiger partial charge in [0.2, 0.25) is 5.91 Å². The van der Waals surface area contributed by atoms with Crippen LogP contribution in [0.3, 0.4) is 0 Å². The molecule has 118 valence electrons. The predicted molar refractivity (Wildman–Crippen MR) is 88.9 cm³/mol. The second-order valence-electron chi connectivity index (χ2n) is 5.62. The minimum absolute atomic E-state index is 0.00149. The lowest BCUT2D eigenvalue weighted by atomic mass is 10.0. The first-order valence-corrected chi connectivity index (χ1v) is 7.70. The predicted octanol–water partition coefficient (Wildman–Crippen LogP) is 3.69. The van der Waals surface area contributed by atoms with Crippen molar-refractivity contribution in [2.75, 3.05) is 0 Å². The summed E-state index contributed by atoms with van der Waals surface area (Å²) in [5, 5.41) is 2.92. The third-order valence-electron chi connectivity index (χ3n) is 3.83. The Hall–Kier alpha value is -2.75.